The van der Waals surface area contributed by atoms with E-state index in [4.69, 9.17) is 0 Å². The summed E-state index contributed by atoms with van der Waals surface area (Å²) in [5.41, 5.74) is 5.06. The van der Waals surface area contributed by atoms with Crippen LogP contribution >= 0.6 is 0 Å². The average molecular weight is 467 g/mol. The zero-order valence-electron chi connectivity index (χ0n) is 19.5. The summed E-state index contributed by atoms with van der Waals surface area (Å²) < 4.78 is 3.38. The Labute approximate surface area is 201 Å². The van der Waals surface area contributed by atoms with Crippen LogP contribution in [0.1, 0.15) is 42.9 Å². The largest absolute Gasteiger partial charge is 0.391 e. The fourth-order valence-corrected chi connectivity index (χ4v) is 5.18. The minimum absolute atomic E-state index is 0.125. The van der Waals surface area contributed by atoms with Gasteiger partial charge in [0.15, 0.2) is 0 Å². The van der Waals surface area contributed by atoms with Gasteiger partial charge >= 0.3 is 0 Å². The molecule has 8 nitrogen and oxygen atoms in total. The van der Waals surface area contributed by atoms with E-state index in [-0.39, 0.29) is 11.6 Å². The molecular weight excluding hydrogens is 440 g/mol. The number of rotatable bonds is 4. The van der Waals surface area contributed by atoms with Crippen LogP contribution in [-0.4, -0.2) is 40.5 Å². The van der Waals surface area contributed by atoms with Gasteiger partial charge < -0.3 is 5.11 Å². The summed E-state index contributed by atoms with van der Waals surface area (Å²) in [6, 6.07) is 9.68. The maximum Gasteiger partial charge on any atom is 0.261 e. The average Bonchev–Trinajstić information content (AvgIpc) is 3.32. The lowest BCUT2D eigenvalue weighted by molar-refractivity contribution is 0.0735. The molecule has 6 rings (SSSR count). The Hall–Kier alpha value is -3.91. The summed E-state index contributed by atoms with van der Waals surface area (Å²) in [6.45, 7) is 0. The zero-order chi connectivity index (χ0) is 23.9. The highest BCUT2D eigenvalue weighted by Crippen LogP contribution is 2.30. The molecule has 0 amide bonds. The standard InChI is InChI=1S/C27H26N6O2/c1-32-15-19(14-31-32)22-9-8-17(13-29-22)11-18-12-21-26(25-20(18)5-4-10-28-25)30-16-33(27(21)35)23-6-2-3-7-24(23)34/h4-5,8-10,12-16,23-24,34H,2-3,6-7,11H2,1H3/t23-,24-/m0/s1. The first kappa shape index (κ1) is 21.6. The Kier molecular flexibility index (Phi) is 5.37. The van der Waals surface area contributed by atoms with Crippen LogP contribution in [0.4, 0.5) is 0 Å². The molecule has 1 N–H and O–H groups in total. The molecule has 0 aliphatic heterocycles. The second-order valence-corrected chi connectivity index (χ2v) is 9.34. The number of fused-ring (bicyclic) bond motifs is 3. The number of benzene rings is 1. The van der Waals surface area contributed by atoms with Crippen molar-refractivity contribution in [2.24, 2.45) is 7.05 Å². The van der Waals surface area contributed by atoms with Crippen LogP contribution in [0.15, 0.2) is 66.2 Å². The molecule has 0 unspecified atom stereocenters. The van der Waals surface area contributed by atoms with Gasteiger partial charge in [-0.2, -0.15) is 5.10 Å². The van der Waals surface area contributed by atoms with Gasteiger partial charge in [0.25, 0.3) is 5.56 Å². The summed E-state index contributed by atoms with van der Waals surface area (Å²) >= 11 is 0. The molecule has 4 aromatic heterocycles. The number of aliphatic hydroxyl groups excluding tert-OH is 1. The first-order chi connectivity index (χ1) is 17.1. The number of hydrogen-bond acceptors (Lipinski definition) is 6. The number of aliphatic hydroxyl groups is 1. The predicted molar refractivity (Wildman–Crippen MR) is 134 cm³/mol. The molecule has 35 heavy (non-hydrogen) atoms. The third kappa shape index (κ3) is 3.89. The molecule has 1 aliphatic carbocycles. The molecule has 0 saturated heterocycles. The predicted octanol–water partition coefficient (Wildman–Crippen LogP) is 3.81. The van der Waals surface area contributed by atoms with Crippen molar-refractivity contribution in [1.29, 1.82) is 0 Å². The van der Waals surface area contributed by atoms with Crippen LogP contribution in [0.25, 0.3) is 33.1 Å². The molecule has 1 aromatic carbocycles. The lowest BCUT2D eigenvalue weighted by atomic mass is 9.92. The summed E-state index contributed by atoms with van der Waals surface area (Å²) in [4.78, 5) is 27.4. The van der Waals surface area contributed by atoms with Crippen LogP contribution in [0.2, 0.25) is 0 Å². The molecule has 1 fully saturated rings. The molecule has 8 heteroatoms. The zero-order valence-corrected chi connectivity index (χ0v) is 19.5. The Bertz CT molecular complexity index is 1590. The fraction of sp³-hybridized carbons (Fsp3) is 0.296. The number of aromatic nitrogens is 6. The van der Waals surface area contributed by atoms with Gasteiger partial charge in [0, 0.05) is 36.6 Å². The van der Waals surface area contributed by atoms with Gasteiger partial charge in [0.1, 0.15) is 5.52 Å². The van der Waals surface area contributed by atoms with Crippen molar-refractivity contribution >= 4 is 21.8 Å². The van der Waals surface area contributed by atoms with Crippen molar-refractivity contribution in [3.8, 4) is 11.3 Å². The van der Waals surface area contributed by atoms with E-state index in [1.54, 1.807) is 28.0 Å². The summed E-state index contributed by atoms with van der Waals surface area (Å²) in [5.74, 6) is 0. The van der Waals surface area contributed by atoms with Gasteiger partial charge in [-0.05, 0) is 48.6 Å². The number of pyridine rings is 2. The Morgan fingerprint density at radius 3 is 2.66 bits per heavy atom. The Balaban J connectivity index is 1.43. The summed E-state index contributed by atoms with van der Waals surface area (Å²) in [5, 5.41) is 16.3. The van der Waals surface area contributed by atoms with Crippen molar-refractivity contribution in [3.05, 3.63) is 82.9 Å². The van der Waals surface area contributed by atoms with E-state index in [1.807, 2.05) is 43.7 Å². The topological polar surface area (TPSA) is 98.7 Å². The van der Waals surface area contributed by atoms with Gasteiger partial charge in [-0.15, -0.1) is 0 Å². The Morgan fingerprint density at radius 1 is 1.03 bits per heavy atom. The first-order valence-corrected chi connectivity index (χ1v) is 12.0. The SMILES string of the molecule is Cn1cc(-c2ccc(Cc3cc4c(=O)n([C@H]5CCCC[C@@H]5O)cnc4c4ncccc34)cn2)cn1. The van der Waals surface area contributed by atoms with Crippen LogP contribution in [0, 0.1) is 0 Å². The highest BCUT2D eigenvalue weighted by atomic mass is 16.3. The van der Waals surface area contributed by atoms with Gasteiger partial charge in [0.05, 0.1) is 41.3 Å². The van der Waals surface area contributed by atoms with Crippen molar-refractivity contribution in [2.75, 3.05) is 0 Å². The lowest BCUT2D eigenvalue weighted by Crippen LogP contribution is -2.34. The minimum Gasteiger partial charge on any atom is -0.391 e. The normalized spacial score (nSPS) is 18.3. The van der Waals surface area contributed by atoms with Crippen molar-refractivity contribution in [2.45, 2.75) is 44.2 Å². The monoisotopic (exact) mass is 466 g/mol. The smallest absolute Gasteiger partial charge is 0.261 e. The maximum atomic E-state index is 13.6. The van der Waals surface area contributed by atoms with Crippen molar-refractivity contribution in [1.82, 2.24) is 29.3 Å². The highest BCUT2D eigenvalue weighted by Gasteiger charge is 2.26. The molecule has 2 atom stereocenters. The molecule has 0 bridgehead atoms. The van der Waals surface area contributed by atoms with E-state index in [1.165, 1.54) is 0 Å². The van der Waals surface area contributed by atoms with Gasteiger partial charge in [0.2, 0.25) is 0 Å². The third-order valence-electron chi connectivity index (χ3n) is 7.00. The van der Waals surface area contributed by atoms with Crippen molar-refractivity contribution < 1.29 is 5.11 Å². The molecule has 0 spiro atoms. The second-order valence-electron chi connectivity index (χ2n) is 9.34. The van der Waals surface area contributed by atoms with E-state index in [9.17, 15) is 9.90 Å². The molecule has 4 heterocycles. The molecular formula is C27H26N6O2. The molecule has 1 saturated carbocycles. The van der Waals surface area contributed by atoms with E-state index >= 15 is 0 Å². The van der Waals surface area contributed by atoms with Crippen molar-refractivity contribution in [3.63, 3.8) is 0 Å². The van der Waals surface area contributed by atoms with E-state index in [0.29, 0.717) is 29.3 Å². The van der Waals surface area contributed by atoms with Crippen LogP contribution in [-0.2, 0) is 13.5 Å². The van der Waals surface area contributed by atoms with E-state index in [0.717, 1.165) is 47.0 Å². The lowest BCUT2D eigenvalue weighted by Gasteiger charge is -2.29. The molecule has 1 aliphatic rings. The van der Waals surface area contributed by atoms with Crippen LogP contribution in [0.5, 0.6) is 0 Å². The van der Waals surface area contributed by atoms with Crippen LogP contribution in [0.3, 0.4) is 0 Å². The van der Waals surface area contributed by atoms with Gasteiger partial charge in [-0.25, -0.2) is 4.98 Å². The minimum atomic E-state index is -0.525. The van der Waals surface area contributed by atoms with E-state index in [2.05, 4.69) is 26.1 Å². The van der Waals surface area contributed by atoms with Crippen LogP contribution < -0.4 is 5.56 Å². The number of nitrogens with zero attached hydrogens (tertiary/aromatic N) is 6. The Morgan fingerprint density at radius 2 is 1.89 bits per heavy atom. The maximum absolute atomic E-state index is 13.6. The molecule has 0 radical (unpaired) electrons. The number of aryl methyl sites for hydroxylation is 1. The quantitative estimate of drug-likeness (QED) is 0.405. The van der Waals surface area contributed by atoms with E-state index < -0.39 is 6.10 Å². The summed E-state index contributed by atoms with van der Waals surface area (Å²) in [7, 11) is 1.88. The van der Waals surface area contributed by atoms with Gasteiger partial charge in [-0.1, -0.05) is 25.0 Å². The molecule has 5 aromatic rings. The fourth-order valence-electron chi connectivity index (χ4n) is 5.18. The van der Waals surface area contributed by atoms with Gasteiger partial charge in [-0.3, -0.25) is 24.0 Å². The number of hydrogen-bond donors (Lipinski definition) is 1. The first-order valence-electron chi connectivity index (χ1n) is 12.0. The summed E-state index contributed by atoms with van der Waals surface area (Å²) in [6.07, 6.45) is 12.5. The highest BCUT2D eigenvalue weighted by molar-refractivity contribution is 6.04. The molecule has 176 valence electrons. The third-order valence-corrected chi connectivity index (χ3v) is 7.00. The second kappa shape index (κ2) is 8.70.